The van der Waals surface area contributed by atoms with Crippen LogP contribution in [0.25, 0.3) is 88.1 Å². The zero-order valence-electron chi connectivity index (χ0n) is 80.7. The number of carbonyl (C=O) groups is 4. The smallest absolute Gasteiger partial charge is 0.276 e. The van der Waals surface area contributed by atoms with E-state index >= 15 is 0 Å². The van der Waals surface area contributed by atoms with Crippen LogP contribution in [0, 0.1) is 0 Å². The lowest BCUT2D eigenvalue weighted by molar-refractivity contribution is 0.0341. The number of fused-ring (bicyclic) bond motifs is 4. The Bertz CT molecular complexity index is 6870. The molecule has 0 atom stereocenters. The van der Waals surface area contributed by atoms with Crippen LogP contribution in [-0.4, -0.2) is 296 Å². The summed E-state index contributed by atoms with van der Waals surface area (Å²) < 4.78 is 27.2. The zero-order valence-corrected chi connectivity index (χ0v) is 80.7. The molecule has 23 rings (SSSR count). The summed E-state index contributed by atoms with van der Waals surface area (Å²) in [7, 11) is 3.84. The van der Waals surface area contributed by atoms with Gasteiger partial charge in [-0.05, 0) is 198 Å². The van der Waals surface area contributed by atoms with Crippen molar-refractivity contribution in [2.45, 2.75) is 58.3 Å². The van der Waals surface area contributed by atoms with Crippen LogP contribution >= 0.6 is 0 Å². The molecule has 7 aliphatic heterocycles. The summed E-state index contributed by atoms with van der Waals surface area (Å²) in [4.78, 5) is 106. The molecule has 144 heavy (non-hydrogen) atoms. The fourth-order valence-electron chi connectivity index (χ4n) is 18.8. The number of pyridine rings is 8. The van der Waals surface area contributed by atoms with Gasteiger partial charge in [0.2, 0.25) is 0 Å². The monoisotopic (exact) mass is 1940 g/mol. The first-order valence-electron chi connectivity index (χ1n) is 49.2. The Morgan fingerprint density at radius 3 is 0.792 bits per heavy atom. The summed E-state index contributed by atoms with van der Waals surface area (Å²) in [6.45, 7) is 24.1. The van der Waals surface area contributed by atoms with Crippen LogP contribution in [-0.2, 0) is 49.9 Å². The van der Waals surface area contributed by atoms with Crippen molar-refractivity contribution in [2.24, 2.45) is 0 Å². The standard InChI is InChI=1S/C28H31N7O2.C27H29N7O3.C27H29N7O2.C25H27N7O2/c36-28(31-23-5-7-26(30-18-23)35-8-2-1-3-9-35)27-24-15-21(4-6-25(24)32-33-27)22-14-20(16-29-17-22)19-34-10-12-37-13-11-34;35-27(30-22-2-4-25(29-17-22)34-7-11-37-12-8-34)26-23-14-20(1-3-24(23)31-32-26)21-13-19(15-28-16-21)18-33-5-9-36-10-6-33;35-27(30-22-4-6-25(29-17-22)34-7-1-2-8-34)26-23-14-20(3-5-24(23)31-32-26)21-13-19(15-28-16-21)18-33-9-11-36-12-10-33;1-31(2)23-6-4-20(15-27-23)28-25(33)24-21-12-18(3-5-22(21)29-30-24)19-11-17(13-26-14-19)16-32-7-9-34-10-8-32/h4-7,14-18H,1-3,8-13,19H2,(H,31,36)(H,32,33);1-4,13-17H,5-12,18H2,(H,30,35)(H,31,32);3-6,13-17H,1-2,7-12,18H2,(H,30,35)(H,31,32);3-6,11-15H,7-10,16H2,1-2H3,(H,28,33)(H,29,30). The molecule has 0 spiro atoms. The third-order valence-electron chi connectivity index (χ3n) is 26.6. The van der Waals surface area contributed by atoms with E-state index in [-0.39, 0.29) is 23.6 Å². The lowest BCUT2D eigenvalue weighted by atomic mass is 10.0. The van der Waals surface area contributed by atoms with Gasteiger partial charge in [-0.25, -0.2) is 19.9 Å². The average Bonchev–Trinajstić information content (AvgIpc) is 1.63. The zero-order chi connectivity index (χ0) is 97.9. The van der Waals surface area contributed by atoms with Crippen LogP contribution in [0.15, 0.2) is 220 Å². The molecule has 7 fully saturated rings. The largest absolute Gasteiger partial charge is 0.379 e. The van der Waals surface area contributed by atoms with E-state index in [1.54, 1.807) is 24.8 Å². The topological polar surface area (TPSA) is 406 Å². The highest BCUT2D eigenvalue weighted by Crippen LogP contribution is 2.35. The average molecular weight is 1940 g/mol. The Morgan fingerprint density at radius 2 is 0.535 bits per heavy atom. The van der Waals surface area contributed by atoms with Gasteiger partial charge in [0, 0.05) is 225 Å². The number of anilines is 8. The summed E-state index contributed by atoms with van der Waals surface area (Å²) in [5.41, 5.74) is 19.7. The third kappa shape index (κ3) is 24.2. The normalized spacial score (nSPS) is 16.1. The van der Waals surface area contributed by atoms with Crippen molar-refractivity contribution in [2.75, 3.05) is 213 Å². The molecule has 37 heteroatoms. The Morgan fingerprint density at radius 1 is 0.278 bits per heavy atom. The predicted molar refractivity (Wildman–Crippen MR) is 555 cm³/mol. The van der Waals surface area contributed by atoms with Crippen molar-refractivity contribution in [3.8, 4) is 44.5 Å². The lowest BCUT2D eigenvalue weighted by Crippen LogP contribution is -2.36. The number of rotatable bonds is 24. The summed E-state index contributed by atoms with van der Waals surface area (Å²) >= 11 is 0. The Balaban J connectivity index is 0.000000117. The van der Waals surface area contributed by atoms with Crippen molar-refractivity contribution in [1.82, 2.24) is 100 Å². The van der Waals surface area contributed by atoms with Crippen molar-refractivity contribution in [1.29, 1.82) is 0 Å². The minimum atomic E-state index is -0.290. The second kappa shape index (κ2) is 46.2. The van der Waals surface area contributed by atoms with Crippen molar-refractivity contribution in [3.05, 3.63) is 265 Å². The number of hydrogen-bond acceptors (Lipinski definition) is 29. The van der Waals surface area contributed by atoms with Crippen LogP contribution in [0.4, 0.5) is 46.0 Å². The molecule has 37 nitrogen and oxygen atoms in total. The van der Waals surface area contributed by atoms with E-state index in [2.05, 4.69) is 160 Å². The van der Waals surface area contributed by atoms with Crippen LogP contribution in [0.2, 0.25) is 0 Å². The number of benzene rings is 4. The molecule has 0 saturated carbocycles. The van der Waals surface area contributed by atoms with E-state index in [1.165, 1.54) is 32.1 Å². The number of piperidine rings is 1. The predicted octanol–water partition coefficient (Wildman–Crippen LogP) is 13.9. The van der Waals surface area contributed by atoms with Gasteiger partial charge >= 0.3 is 0 Å². The van der Waals surface area contributed by atoms with Gasteiger partial charge in [-0.1, -0.05) is 24.3 Å². The molecule has 738 valence electrons. The van der Waals surface area contributed by atoms with Gasteiger partial charge in [0.25, 0.3) is 23.6 Å². The number of aromatic amines is 4. The van der Waals surface area contributed by atoms with E-state index in [4.69, 9.17) is 23.7 Å². The molecular formula is C107H116N28O9. The number of H-pyrrole nitrogens is 4. The maximum absolute atomic E-state index is 13.1. The van der Waals surface area contributed by atoms with Gasteiger partial charge in [-0.15, -0.1) is 0 Å². The fraction of sp³-hybridized carbons (Fsp3) is 0.327. The van der Waals surface area contributed by atoms with Gasteiger partial charge in [0.05, 0.1) is 136 Å². The molecule has 4 aromatic carbocycles. The molecule has 8 N–H and O–H groups in total. The number of amides is 4. The molecule has 0 radical (unpaired) electrons. The molecule has 7 aliphatic rings. The first-order valence-corrected chi connectivity index (χ1v) is 49.2. The maximum Gasteiger partial charge on any atom is 0.276 e. The van der Waals surface area contributed by atoms with Crippen LogP contribution in [0.1, 0.15) is 96.3 Å². The minimum Gasteiger partial charge on any atom is -0.379 e. The Labute approximate surface area is 832 Å². The van der Waals surface area contributed by atoms with E-state index in [0.29, 0.717) is 58.7 Å². The minimum absolute atomic E-state index is 0.268. The van der Waals surface area contributed by atoms with Crippen LogP contribution in [0.5, 0.6) is 0 Å². The Kier molecular flexibility index (Phi) is 30.8. The molecule has 19 heterocycles. The highest BCUT2D eigenvalue weighted by Gasteiger charge is 2.26. The highest BCUT2D eigenvalue weighted by atomic mass is 16.5. The lowest BCUT2D eigenvalue weighted by Gasteiger charge is -2.27. The number of hydrogen-bond donors (Lipinski definition) is 8. The molecule has 12 aromatic heterocycles. The molecule has 7 saturated heterocycles. The highest BCUT2D eigenvalue weighted by molar-refractivity contribution is 6.15. The van der Waals surface area contributed by atoms with Crippen molar-refractivity contribution < 1.29 is 42.9 Å². The van der Waals surface area contributed by atoms with Crippen molar-refractivity contribution >= 4 is 113 Å². The summed E-state index contributed by atoms with van der Waals surface area (Å²) in [5.74, 6) is 2.48. The summed E-state index contributed by atoms with van der Waals surface area (Å²) in [6, 6.07) is 47.7. The number of morpholine rings is 5. The quantitative estimate of drug-likeness (QED) is 0.0278. The summed E-state index contributed by atoms with van der Waals surface area (Å²) in [6.07, 6.45) is 27.9. The van der Waals surface area contributed by atoms with Crippen molar-refractivity contribution in [3.63, 3.8) is 0 Å². The van der Waals surface area contributed by atoms with Gasteiger partial charge in [0.1, 0.15) is 23.3 Å². The van der Waals surface area contributed by atoms with E-state index in [0.717, 1.165) is 304 Å². The van der Waals surface area contributed by atoms with E-state index in [1.807, 2.05) is 190 Å². The molecule has 0 aliphatic carbocycles. The third-order valence-corrected chi connectivity index (χ3v) is 26.6. The molecular weight excluding hydrogens is 1820 g/mol. The second-order valence-corrected chi connectivity index (χ2v) is 36.9. The fourth-order valence-corrected chi connectivity index (χ4v) is 18.8. The summed E-state index contributed by atoms with van der Waals surface area (Å²) in [5, 5.41) is 43.8. The second-order valence-electron chi connectivity index (χ2n) is 36.9. The first-order chi connectivity index (χ1) is 70.7. The van der Waals surface area contributed by atoms with E-state index < -0.39 is 0 Å². The number of carbonyl (C=O) groups excluding carboxylic acids is 4. The van der Waals surface area contributed by atoms with Gasteiger partial charge in [0.15, 0.2) is 22.8 Å². The van der Waals surface area contributed by atoms with Crippen LogP contribution < -0.4 is 40.9 Å². The number of nitrogens with one attached hydrogen (secondary N) is 8. The molecule has 0 bridgehead atoms. The molecule has 0 unspecified atom stereocenters. The maximum atomic E-state index is 13.1. The Hall–Kier alpha value is -15.3. The number of ether oxygens (including phenoxy) is 5. The van der Waals surface area contributed by atoms with E-state index in [9.17, 15) is 19.2 Å². The number of nitrogens with zero attached hydrogens (tertiary/aromatic N) is 20. The van der Waals surface area contributed by atoms with Crippen LogP contribution in [0.3, 0.4) is 0 Å². The first kappa shape index (κ1) is 96.2. The molecule has 16 aromatic rings. The van der Waals surface area contributed by atoms with Gasteiger partial charge < -0.3 is 64.6 Å². The SMILES string of the molecule is CN(C)c1ccc(NC(=O)c2n[nH]c3ccc(-c4cncc(CN5CCOCC5)c4)cc23)cn1.O=C(Nc1ccc(N2CCCC2)nc1)c1n[nH]c2ccc(-c3cncc(CN4CCOCC4)c3)cc12.O=C(Nc1ccc(N2CCCCC2)nc1)c1n[nH]c2ccc(-c3cncc(CN4CCOCC4)c3)cc12.O=C(Nc1ccc(N2CCOCC2)nc1)c1n[nH]c2ccc(-c3cncc(CN4CCOCC4)c3)cc12. The molecule has 4 amide bonds. The number of aromatic nitrogens is 16. The van der Waals surface area contributed by atoms with Gasteiger partial charge in [-0.2, -0.15) is 20.4 Å². The van der Waals surface area contributed by atoms with Gasteiger partial charge in [-0.3, -0.25) is 79.1 Å².